The van der Waals surface area contributed by atoms with Crippen molar-refractivity contribution in [2.24, 2.45) is 11.7 Å². The van der Waals surface area contributed by atoms with Crippen molar-refractivity contribution in [2.45, 2.75) is 44.6 Å². The molecule has 0 radical (unpaired) electrons. The molecule has 0 aliphatic heterocycles. The number of nitrogens with two attached hydrogens (primary N) is 1. The van der Waals surface area contributed by atoms with Gasteiger partial charge in [-0.2, -0.15) is 0 Å². The molecule has 0 saturated heterocycles. The smallest absolute Gasteiger partial charge is 0.240 e. The minimum Gasteiger partial charge on any atom is -0.330 e. The molecule has 0 spiro atoms. The van der Waals surface area contributed by atoms with E-state index < -0.39 is 10.0 Å². The lowest BCUT2D eigenvalue weighted by atomic mass is 10.0. The molecule has 0 aliphatic rings. The predicted molar refractivity (Wildman–Crippen MR) is 78.4 cm³/mol. The van der Waals surface area contributed by atoms with Gasteiger partial charge in [-0.05, 0) is 43.0 Å². The summed E-state index contributed by atoms with van der Waals surface area (Å²) < 4.78 is 27.2. The van der Waals surface area contributed by atoms with Crippen LogP contribution in [0.4, 0.5) is 0 Å². The Morgan fingerprint density at radius 3 is 2.21 bits per heavy atom. The molecule has 1 rings (SSSR count). The average Bonchev–Trinajstić information content (AvgIpc) is 2.37. The van der Waals surface area contributed by atoms with Crippen LogP contribution in [0.15, 0.2) is 29.2 Å². The van der Waals surface area contributed by atoms with Gasteiger partial charge in [0, 0.05) is 6.04 Å². The van der Waals surface area contributed by atoms with Crippen LogP contribution in [-0.2, 0) is 16.4 Å². The number of hydrogen-bond acceptors (Lipinski definition) is 3. The monoisotopic (exact) mass is 284 g/mol. The lowest BCUT2D eigenvalue weighted by molar-refractivity contribution is 0.437. The Hall–Kier alpha value is -0.910. The molecule has 1 atom stereocenters. The zero-order chi connectivity index (χ0) is 14.5. The molecule has 0 fully saturated rings. The summed E-state index contributed by atoms with van der Waals surface area (Å²) in [6, 6.07) is 6.88. The predicted octanol–water partition coefficient (Wildman–Crippen LogP) is 1.90. The molecule has 0 amide bonds. The average molecular weight is 284 g/mol. The van der Waals surface area contributed by atoms with E-state index in [1.807, 2.05) is 32.9 Å². The Morgan fingerprint density at radius 1 is 1.21 bits per heavy atom. The van der Waals surface area contributed by atoms with Crippen LogP contribution in [0.3, 0.4) is 0 Å². The van der Waals surface area contributed by atoms with Gasteiger partial charge in [0.15, 0.2) is 0 Å². The largest absolute Gasteiger partial charge is 0.330 e. The second kappa shape index (κ2) is 7.03. The van der Waals surface area contributed by atoms with Crippen molar-refractivity contribution in [1.82, 2.24) is 4.72 Å². The molecule has 5 heteroatoms. The molecule has 1 unspecified atom stereocenters. The third-order valence-electron chi connectivity index (χ3n) is 3.22. The van der Waals surface area contributed by atoms with Crippen LogP contribution in [0.2, 0.25) is 0 Å². The molecule has 3 N–H and O–H groups in total. The maximum absolute atomic E-state index is 12.2. The van der Waals surface area contributed by atoms with E-state index in [0.29, 0.717) is 11.4 Å². The number of benzene rings is 1. The van der Waals surface area contributed by atoms with E-state index in [-0.39, 0.29) is 12.0 Å². The highest BCUT2D eigenvalue weighted by Gasteiger charge is 2.20. The topological polar surface area (TPSA) is 72.2 Å². The molecule has 4 nitrogen and oxygen atoms in total. The van der Waals surface area contributed by atoms with Gasteiger partial charge in [0.1, 0.15) is 0 Å². The minimum atomic E-state index is -3.43. The number of hydrogen-bond donors (Lipinski definition) is 2. The quantitative estimate of drug-likeness (QED) is 0.803. The summed E-state index contributed by atoms with van der Waals surface area (Å²) in [5.74, 6) is 0.274. The van der Waals surface area contributed by atoms with Gasteiger partial charge in [0.2, 0.25) is 10.0 Å². The molecule has 1 aromatic rings. The SMILES string of the molecule is CCC(NS(=O)(=O)c1ccc(CCN)cc1)C(C)C. The van der Waals surface area contributed by atoms with Crippen molar-refractivity contribution in [3.05, 3.63) is 29.8 Å². The normalized spacial score (nSPS) is 13.7. The van der Waals surface area contributed by atoms with Crippen LogP contribution in [0, 0.1) is 5.92 Å². The van der Waals surface area contributed by atoms with Crippen LogP contribution < -0.4 is 10.5 Å². The Bertz CT molecular complexity index is 481. The summed E-state index contributed by atoms with van der Waals surface area (Å²) in [6.45, 7) is 6.58. The number of rotatable bonds is 7. The third kappa shape index (κ3) is 4.60. The Morgan fingerprint density at radius 2 is 1.79 bits per heavy atom. The molecular weight excluding hydrogens is 260 g/mol. The number of sulfonamides is 1. The van der Waals surface area contributed by atoms with Crippen LogP contribution in [0.25, 0.3) is 0 Å². The molecule has 0 aromatic heterocycles. The van der Waals surface area contributed by atoms with Gasteiger partial charge in [-0.15, -0.1) is 0 Å². The highest BCUT2D eigenvalue weighted by molar-refractivity contribution is 7.89. The van der Waals surface area contributed by atoms with E-state index >= 15 is 0 Å². The van der Waals surface area contributed by atoms with Crippen molar-refractivity contribution in [2.75, 3.05) is 6.54 Å². The lowest BCUT2D eigenvalue weighted by Gasteiger charge is -2.20. The summed E-state index contributed by atoms with van der Waals surface area (Å²) in [5, 5.41) is 0. The van der Waals surface area contributed by atoms with Crippen LogP contribution >= 0.6 is 0 Å². The van der Waals surface area contributed by atoms with Crippen molar-refractivity contribution in [3.8, 4) is 0 Å². The molecule has 108 valence electrons. The molecule has 0 bridgehead atoms. The summed E-state index contributed by atoms with van der Waals surface area (Å²) in [4.78, 5) is 0.312. The Balaban J connectivity index is 2.87. The van der Waals surface area contributed by atoms with Gasteiger partial charge in [-0.25, -0.2) is 13.1 Å². The first-order chi connectivity index (χ1) is 8.90. The van der Waals surface area contributed by atoms with Crippen molar-refractivity contribution < 1.29 is 8.42 Å². The van der Waals surface area contributed by atoms with Gasteiger partial charge < -0.3 is 5.73 Å². The molecular formula is C14H24N2O2S. The van der Waals surface area contributed by atoms with E-state index in [4.69, 9.17) is 5.73 Å². The summed E-state index contributed by atoms with van der Waals surface area (Å²) in [6.07, 6.45) is 1.54. The van der Waals surface area contributed by atoms with E-state index in [1.165, 1.54) is 0 Å². The zero-order valence-electron chi connectivity index (χ0n) is 11.9. The first-order valence-electron chi connectivity index (χ1n) is 6.72. The van der Waals surface area contributed by atoms with Crippen LogP contribution in [-0.4, -0.2) is 21.0 Å². The highest BCUT2D eigenvalue weighted by atomic mass is 32.2. The molecule has 0 heterocycles. The lowest BCUT2D eigenvalue weighted by Crippen LogP contribution is -2.37. The summed E-state index contributed by atoms with van der Waals surface area (Å²) >= 11 is 0. The van der Waals surface area contributed by atoms with Gasteiger partial charge >= 0.3 is 0 Å². The van der Waals surface area contributed by atoms with E-state index in [9.17, 15) is 8.42 Å². The van der Waals surface area contributed by atoms with Crippen molar-refractivity contribution in [3.63, 3.8) is 0 Å². The molecule has 19 heavy (non-hydrogen) atoms. The van der Waals surface area contributed by atoms with Crippen molar-refractivity contribution >= 4 is 10.0 Å². The standard InChI is InChI=1S/C14H24N2O2S/c1-4-14(11(2)3)16-19(17,18)13-7-5-12(6-8-13)9-10-15/h5-8,11,14,16H,4,9-10,15H2,1-3H3. The summed E-state index contributed by atoms with van der Waals surface area (Å²) in [7, 11) is -3.43. The Kier molecular flexibility index (Phi) is 5.97. The second-order valence-electron chi connectivity index (χ2n) is 5.06. The van der Waals surface area contributed by atoms with Crippen LogP contribution in [0.5, 0.6) is 0 Å². The fourth-order valence-corrected chi connectivity index (χ4v) is 3.43. The van der Waals surface area contributed by atoms with Gasteiger partial charge in [0.25, 0.3) is 0 Å². The zero-order valence-corrected chi connectivity index (χ0v) is 12.7. The van der Waals surface area contributed by atoms with Gasteiger partial charge in [-0.1, -0.05) is 32.9 Å². The molecule has 0 saturated carbocycles. The van der Waals surface area contributed by atoms with Crippen LogP contribution in [0.1, 0.15) is 32.8 Å². The number of nitrogens with one attached hydrogen (secondary N) is 1. The first kappa shape index (κ1) is 16.1. The van der Waals surface area contributed by atoms with Gasteiger partial charge in [0.05, 0.1) is 4.90 Å². The maximum Gasteiger partial charge on any atom is 0.240 e. The van der Waals surface area contributed by atoms with E-state index in [0.717, 1.165) is 18.4 Å². The van der Waals surface area contributed by atoms with E-state index in [2.05, 4.69) is 4.72 Å². The fourth-order valence-electron chi connectivity index (χ4n) is 1.96. The first-order valence-corrected chi connectivity index (χ1v) is 8.20. The summed E-state index contributed by atoms with van der Waals surface area (Å²) in [5.41, 5.74) is 6.52. The fraction of sp³-hybridized carbons (Fsp3) is 0.571. The minimum absolute atomic E-state index is 0.0336. The second-order valence-corrected chi connectivity index (χ2v) is 6.78. The molecule has 0 aliphatic carbocycles. The molecule has 1 aromatic carbocycles. The van der Waals surface area contributed by atoms with Gasteiger partial charge in [-0.3, -0.25) is 0 Å². The third-order valence-corrected chi connectivity index (χ3v) is 4.72. The highest BCUT2D eigenvalue weighted by Crippen LogP contribution is 2.14. The maximum atomic E-state index is 12.2. The van der Waals surface area contributed by atoms with E-state index in [1.54, 1.807) is 12.1 Å². The van der Waals surface area contributed by atoms with Crippen molar-refractivity contribution in [1.29, 1.82) is 0 Å². The Labute approximate surface area is 116 Å².